The second kappa shape index (κ2) is 9.88. The molecule has 0 aromatic heterocycles. The summed E-state index contributed by atoms with van der Waals surface area (Å²) in [4.78, 5) is 11.3. The maximum Gasteiger partial charge on any atom is 0.270 e. The van der Waals surface area contributed by atoms with Crippen LogP contribution >= 0.6 is 0 Å². The first-order valence-electron chi connectivity index (χ1n) is 6.89. The van der Waals surface area contributed by atoms with Crippen molar-refractivity contribution in [2.75, 3.05) is 38.5 Å². The van der Waals surface area contributed by atoms with Crippen LogP contribution in [0, 0.1) is 0 Å². The molecule has 0 aromatic carbocycles. The standard InChI is InChI=1S/C13H26N2O4S.H2O/c1-5-15(6-2,10-11-20(17,18)19)9-7-8-14-13(16)12(3)4;/h3,5-11H2,1-2,4H3,(H-,14,16,17,18,19);1H2. The third-order valence-electron chi connectivity index (χ3n) is 3.65. The molecule has 0 aliphatic heterocycles. The lowest BCUT2D eigenvalue weighted by molar-refractivity contribution is -0.922. The zero-order valence-electron chi connectivity index (χ0n) is 13.1. The molecule has 7 nitrogen and oxygen atoms in total. The molecule has 0 spiro atoms. The number of hydrogen-bond donors (Lipinski definition) is 2. The van der Waals surface area contributed by atoms with Gasteiger partial charge in [0.05, 0.1) is 26.2 Å². The average molecular weight is 324 g/mol. The van der Waals surface area contributed by atoms with Crippen molar-refractivity contribution in [1.82, 2.24) is 5.32 Å². The smallest absolute Gasteiger partial charge is 0.270 e. The normalized spacial score (nSPS) is 11.6. The molecule has 0 saturated heterocycles. The van der Waals surface area contributed by atoms with Crippen LogP contribution < -0.4 is 5.32 Å². The van der Waals surface area contributed by atoms with Crippen LogP contribution in [0.1, 0.15) is 27.2 Å². The number of rotatable bonds is 10. The van der Waals surface area contributed by atoms with Gasteiger partial charge in [0, 0.05) is 18.5 Å². The summed E-state index contributed by atoms with van der Waals surface area (Å²) in [6, 6.07) is 0. The fourth-order valence-electron chi connectivity index (χ4n) is 2.04. The molecule has 0 radical (unpaired) electrons. The third-order valence-corrected chi connectivity index (χ3v) is 4.35. The van der Waals surface area contributed by atoms with Gasteiger partial charge in [-0.3, -0.25) is 9.35 Å². The summed E-state index contributed by atoms with van der Waals surface area (Å²) in [6.45, 7) is 12.5. The lowest BCUT2D eigenvalue weighted by Gasteiger charge is -2.36. The summed E-state index contributed by atoms with van der Waals surface area (Å²) >= 11 is 0. The zero-order chi connectivity index (χ0) is 15.8. The molecule has 0 saturated carbocycles. The highest BCUT2D eigenvalue weighted by Crippen LogP contribution is 2.08. The Kier molecular flexibility index (Phi) is 10.5. The fraction of sp³-hybridized carbons (Fsp3) is 0.769. The monoisotopic (exact) mass is 324 g/mol. The molecule has 0 aliphatic rings. The van der Waals surface area contributed by atoms with E-state index in [1.165, 1.54) is 0 Å². The number of amides is 1. The van der Waals surface area contributed by atoms with E-state index in [4.69, 9.17) is 4.55 Å². The molecule has 1 amide bonds. The summed E-state index contributed by atoms with van der Waals surface area (Å²) in [6.07, 6.45) is 0.756. The Morgan fingerprint density at radius 3 is 2.14 bits per heavy atom. The highest BCUT2D eigenvalue weighted by atomic mass is 32.2. The lowest BCUT2D eigenvalue weighted by Crippen LogP contribution is -2.51. The Morgan fingerprint density at radius 1 is 1.24 bits per heavy atom. The van der Waals surface area contributed by atoms with E-state index in [1.807, 2.05) is 13.8 Å². The first kappa shape index (κ1) is 22.3. The van der Waals surface area contributed by atoms with Crippen LogP contribution in [-0.4, -0.2) is 67.3 Å². The molecule has 0 bridgehead atoms. The molecule has 8 heteroatoms. The summed E-state index contributed by atoms with van der Waals surface area (Å²) in [5, 5.41) is 2.76. The van der Waals surface area contributed by atoms with E-state index in [9.17, 15) is 13.2 Å². The molecular weight excluding hydrogens is 296 g/mol. The van der Waals surface area contributed by atoms with Crippen molar-refractivity contribution in [2.24, 2.45) is 0 Å². The van der Waals surface area contributed by atoms with E-state index in [0.29, 0.717) is 23.1 Å². The highest BCUT2D eigenvalue weighted by Gasteiger charge is 2.25. The van der Waals surface area contributed by atoms with Crippen molar-refractivity contribution < 1.29 is 27.7 Å². The topological polar surface area (TPSA) is 113 Å². The third kappa shape index (κ3) is 9.57. The SMILES string of the molecule is C=C(C)C(=O)NCCC[N+](CC)(CC)CCS(=O)(=O)O.[OH-]. The molecule has 0 unspecified atom stereocenters. The molecule has 3 N–H and O–H groups in total. The van der Waals surface area contributed by atoms with Crippen LogP contribution in [0.15, 0.2) is 12.2 Å². The molecule has 0 aliphatic carbocycles. The van der Waals surface area contributed by atoms with Crippen molar-refractivity contribution in [3.63, 3.8) is 0 Å². The molecule has 126 valence electrons. The molecular formula is C13H28N2O5S. The van der Waals surface area contributed by atoms with Crippen molar-refractivity contribution in [1.29, 1.82) is 0 Å². The van der Waals surface area contributed by atoms with Gasteiger partial charge in [-0.05, 0) is 20.8 Å². The maximum atomic E-state index is 11.3. The van der Waals surface area contributed by atoms with Crippen LogP contribution in [0.3, 0.4) is 0 Å². The van der Waals surface area contributed by atoms with Gasteiger partial charge >= 0.3 is 0 Å². The number of nitrogens with one attached hydrogen (secondary N) is 1. The van der Waals surface area contributed by atoms with E-state index in [2.05, 4.69) is 11.9 Å². The molecule has 0 atom stereocenters. The van der Waals surface area contributed by atoms with Crippen molar-refractivity contribution in [3.8, 4) is 0 Å². The summed E-state index contributed by atoms with van der Waals surface area (Å²) in [7, 11) is -3.93. The van der Waals surface area contributed by atoms with Crippen LogP contribution in [0.4, 0.5) is 0 Å². The van der Waals surface area contributed by atoms with Gasteiger partial charge in [0.2, 0.25) is 5.91 Å². The summed E-state index contributed by atoms with van der Waals surface area (Å²) in [5.74, 6) is -0.388. The van der Waals surface area contributed by atoms with E-state index < -0.39 is 10.1 Å². The predicted octanol–water partition coefficient (Wildman–Crippen LogP) is 0.636. The van der Waals surface area contributed by atoms with Crippen LogP contribution in [0.2, 0.25) is 0 Å². The number of nitrogens with zero attached hydrogens (tertiary/aromatic N) is 1. The first-order chi connectivity index (χ1) is 9.16. The van der Waals surface area contributed by atoms with Crippen molar-refractivity contribution in [2.45, 2.75) is 27.2 Å². The van der Waals surface area contributed by atoms with E-state index in [-0.39, 0.29) is 17.1 Å². The minimum atomic E-state index is -3.93. The Hall–Kier alpha value is -0.960. The Labute approximate surface area is 127 Å². The van der Waals surface area contributed by atoms with Gasteiger partial charge in [0.1, 0.15) is 5.75 Å². The Bertz CT molecular complexity index is 430. The van der Waals surface area contributed by atoms with E-state index in [0.717, 1.165) is 26.1 Å². The van der Waals surface area contributed by atoms with Crippen LogP contribution in [-0.2, 0) is 14.9 Å². The molecule has 21 heavy (non-hydrogen) atoms. The van der Waals surface area contributed by atoms with Gasteiger partial charge in [-0.2, -0.15) is 8.42 Å². The minimum Gasteiger partial charge on any atom is -0.870 e. The minimum absolute atomic E-state index is 0. The first-order valence-corrected chi connectivity index (χ1v) is 8.50. The molecule has 0 rings (SSSR count). The summed E-state index contributed by atoms with van der Waals surface area (Å²) < 4.78 is 31.3. The maximum absolute atomic E-state index is 11.3. The van der Waals surface area contributed by atoms with Gasteiger partial charge in [-0.25, -0.2) is 0 Å². The second-order valence-corrected chi connectivity index (χ2v) is 6.67. The number of carbonyl (C=O) groups is 1. The fourth-order valence-corrected chi connectivity index (χ4v) is 2.66. The number of hydrogen-bond acceptors (Lipinski definition) is 4. The molecule has 0 heterocycles. The van der Waals surface area contributed by atoms with Crippen molar-refractivity contribution >= 4 is 16.0 Å². The molecule has 0 fully saturated rings. The quantitative estimate of drug-likeness (QED) is 0.265. The van der Waals surface area contributed by atoms with Crippen LogP contribution in [0.5, 0.6) is 0 Å². The van der Waals surface area contributed by atoms with E-state index in [1.54, 1.807) is 6.92 Å². The zero-order valence-corrected chi connectivity index (χ0v) is 13.9. The van der Waals surface area contributed by atoms with Gasteiger partial charge < -0.3 is 15.3 Å². The molecule has 0 aromatic rings. The Morgan fingerprint density at radius 2 is 1.76 bits per heavy atom. The lowest BCUT2D eigenvalue weighted by atomic mass is 10.2. The van der Waals surface area contributed by atoms with Crippen LogP contribution in [0.25, 0.3) is 0 Å². The van der Waals surface area contributed by atoms with Gasteiger partial charge in [-0.1, -0.05) is 6.58 Å². The highest BCUT2D eigenvalue weighted by molar-refractivity contribution is 7.85. The average Bonchev–Trinajstić information content (AvgIpc) is 2.37. The summed E-state index contributed by atoms with van der Waals surface area (Å²) in [5.41, 5.74) is 0.475. The predicted molar refractivity (Wildman–Crippen MR) is 81.9 cm³/mol. The van der Waals surface area contributed by atoms with E-state index >= 15 is 0 Å². The largest absolute Gasteiger partial charge is 0.870 e. The Balaban J connectivity index is 0. The van der Waals surface area contributed by atoms with Gasteiger partial charge in [0.25, 0.3) is 10.1 Å². The number of quaternary nitrogens is 1. The second-order valence-electron chi connectivity index (χ2n) is 5.10. The number of carbonyl (C=O) groups excluding carboxylic acids is 1. The van der Waals surface area contributed by atoms with Gasteiger partial charge in [-0.15, -0.1) is 0 Å². The van der Waals surface area contributed by atoms with Gasteiger partial charge in [0.15, 0.2) is 0 Å². The van der Waals surface area contributed by atoms with Crippen molar-refractivity contribution in [3.05, 3.63) is 12.2 Å².